The molecule has 1 unspecified atom stereocenters. The van der Waals surface area contributed by atoms with E-state index in [0.29, 0.717) is 6.61 Å². The lowest BCUT2D eigenvalue weighted by Crippen LogP contribution is -2.49. The Balaban J connectivity index is 1.41. The molecule has 0 bridgehead atoms. The maximum absolute atomic E-state index is 5.97. The highest BCUT2D eigenvalue weighted by Gasteiger charge is 2.45. The number of nitrogens with one attached hydrogen (secondary N) is 1. The van der Waals surface area contributed by atoms with Gasteiger partial charge in [0.15, 0.2) is 5.96 Å². The highest BCUT2D eigenvalue weighted by atomic mass is 16.5. The molecule has 1 aliphatic carbocycles. The third-order valence-electron chi connectivity index (χ3n) is 5.83. The van der Waals surface area contributed by atoms with Crippen LogP contribution in [0.15, 0.2) is 41.7 Å². The second-order valence-electron chi connectivity index (χ2n) is 7.75. The predicted octanol–water partition coefficient (Wildman–Crippen LogP) is 2.41. The zero-order valence-electron chi connectivity index (χ0n) is 16.5. The second kappa shape index (κ2) is 7.35. The van der Waals surface area contributed by atoms with Crippen LogP contribution in [0.1, 0.15) is 35.6 Å². The molecule has 1 aliphatic heterocycles. The SMILES string of the molecule is CN=C(NCC1(c2ccccc2C)CC1)N1CCOC(c2cnn(C)c2)C1. The van der Waals surface area contributed by atoms with E-state index in [1.165, 1.54) is 24.0 Å². The first kappa shape index (κ1) is 18.0. The summed E-state index contributed by atoms with van der Waals surface area (Å²) in [6.07, 6.45) is 6.44. The van der Waals surface area contributed by atoms with Gasteiger partial charge in [-0.15, -0.1) is 0 Å². The van der Waals surface area contributed by atoms with Crippen LogP contribution in [0.25, 0.3) is 0 Å². The zero-order chi connectivity index (χ0) is 18.9. The Kier molecular flexibility index (Phi) is 4.91. The molecule has 0 amide bonds. The zero-order valence-corrected chi connectivity index (χ0v) is 16.5. The van der Waals surface area contributed by atoms with Crippen molar-refractivity contribution in [2.75, 3.05) is 33.3 Å². The standard InChI is InChI=1S/C21H29N5O/c1-16-6-4-5-7-18(16)21(8-9-21)15-23-20(22-2)26-10-11-27-19(14-26)17-12-24-25(3)13-17/h4-7,12-13,19H,8-11,14-15H2,1-3H3,(H,22,23). The first-order valence-electron chi connectivity index (χ1n) is 9.73. The van der Waals surface area contributed by atoms with Crippen molar-refractivity contribution in [3.8, 4) is 0 Å². The number of nitrogens with zero attached hydrogens (tertiary/aromatic N) is 4. The minimum Gasteiger partial charge on any atom is -0.370 e. The first-order chi connectivity index (χ1) is 13.1. The average molecular weight is 367 g/mol. The van der Waals surface area contributed by atoms with E-state index in [0.717, 1.165) is 31.2 Å². The summed E-state index contributed by atoms with van der Waals surface area (Å²) in [5.41, 5.74) is 4.24. The fourth-order valence-corrected chi connectivity index (χ4v) is 4.09. The van der Waals surface area contributed by atoms with Gasteiger partial charge in [0, 0.05) is 44.4 Å². The lowest BCUT2D eigenvalue weighted by Gasteiger charge is -2.35. The van der Waals surface area contributed by atoms with Gasteiger partial charge < -0.3 is 15.0 Å². The van der Waals surface area contributed by atoms with Crippen LogP contribution in [0, 0.1) is 6.92 Å². The number of aliphatic imine (C=N–C) groups is 1. The fourth-order valence-electron chi connectivity index (χ4n) is 4.09. The van der Waals surface area contributed by atoms with Gasteiger partial charge in [0.25, 0.3) is 0 Å². The maximum atomic E-state index is 5.97. The smallest absolute Gasteiger partial charge is 0.193 e. The van der Waals surface area contributed by atoms with Crippen LogP contribution in [0.4, 0.5) is 0 Å². The molecule has 6 nitrogen and oxygen atoms in total. The Morgan fingerprint density at radius 1 is 1.37 bits per heavy atom. The van der Waals surface area contributed by atoms with Crippen molar-refractivity contribution in [1.29, 1.82) is 0 Å². The Labute approximate surface area is 161 Å². The normalized spacial score (nSPS) is 22.0. The average Bonchev–Trinajstić information content (AvgIpc) is 3.34. The number of hydrogen-bond acceptors (Lipinski definition) is 3. The van der Waals surface area contributed by atoms with Crippen LogP contribution in [0.2, 0.25) is 0 Å². The molecule has 2 fully saturated rings. The van der Waals surface area contributed by atoms with Gasteiger partial charge in [-0.2, -0.15) is 5.10 Å². The first-order valence-corrected chi connectivity index (χ1v) is 9.73. The van der Waals surface area contributed by atoms with Crippen molar-refractivity contribution in [1.82, 2.24) is 20.0 Å². The van der Waals surface area contributed by atoms with Crippen LogP contribution in [0.3, 0.4) is 0 Å². The number of morpholine rings is 1. The number of aromatic nitrogens is 2. The van der Waals surface area contributed by atoms with Crippen LogP contribution < -0.4 is 5.32 Å². The Morgan fingerprint density at radius 2 is 2.19 bits per heavy atom. The van der Waals surface area contributed by atoms with E-state index < -0.39 is 0 Å². The van der Waals surface area contributed by atoms with Crippen molar-refractivity contribution >= 4 is 5.96 Å². The molecule has 0 radical (unpaired) electrons. The molecular weight excluding hydrogens is 338 g/mol. The second-order valence-corrected chi connectivity index (χ2v) is 7.75. The summed E-state index contributed by atoms with van der Waals surface area (Å²) >= 11 is 0. The third-order valence-corrected chi connectivity index (χ3v) is 5.83. The molecule has 27 heavy (non-hydrogen) atoms. The minimum absolute atomic E-state index is 0.0391. The highest BCUT2D eigenvalue weighted by molar-refractivity contribution is 5.80. The number of aryl methyl sites for hydroxylation is 2. The molecule has 144 valence electrons. The van der Waals surface area contributed by atoms with Crippen molar-refractivity contribution < 1.29 is 4.74 Å². The summed E-state index contributed by atoms with van der Waals surface area (Å²) in [5.74, 6) is 0.965. The van der Waals surface area contributed by atoms with Gasteiger partial charge in [0.1, 0.15) is 6.10 Å². The predicted molar refractivity (Wildman–Crippen MR) is 107 cm³/mol. The van der Waals surface area contributed by atoms with Crippen LogP contribution in [0.5, 0.6) is 0 Å². The van der Waals surface area contributed by atoms with Gasteiger partial charge in [-0.3, -0.25) is 9.67 Å². The van der Waals surface area contributed by atoms with Gasteiger partial charge in [-0.05, 0) is 30.9 Å². The van der Waals surface area contributed by atoms with Crippen LogP contribution in [-0.4, -0.2) is 53.9 Å². The lowest BCUT2D eigenvalue weighted by molar-refractivity contribution is -0.00805. The van der Waals surface area contributed by atoms with Crippen molar-refractivity contribution in [2.24, 2.45) is 12.0 Å². The molecule has 1 N–H and O–H groups in total. The molecule has 0 spiro atoms. The summed E-state index contributed by atoms with van der Waals surface area (Å²) in [7, 11) is 3.80. The largest absolute Gasteiger partial charge is 0.370 e. The Morgan fingerprint density at radius 3 is 2.85 bits per heavy atom. The van der Waals surface area contributed by atoms with Crippen molar-refractivity contribution in [3.63, 3.8) is 0 Å². The summed E-state index contributed by atoms with van der Waals surface area (Å²) in [6.45, 7) is 5.49. The monoisotopic (exact) mass is 367 g/mol. The maximum Gasteiger partial charge on any atom is 0.193 e. The highest BCUT2D eigenvalue weighted by Crippen LogP contribution is 2.48. The number of hydrogen-bond donors (Lipinski definition) is 1. The lowest BCUT2D eigenvalue weighted by atomic mass is 9.92. The number of rotatable bonds is 4. The fraction of sp³-hybridized carbons (Fsp3) is 0.524. The van der Waals surface area contributed by atoms with Gasteiger partial charge in [0.05, 0.1) is 19.3 Å². The minimum atomic E-state index is 0.0391. The molecule has 2 aromatic rings. The Hall–Kier alpha value is -2.34. The van der Waals surface area contributed by atoms with Crippen molar-refractivity contribution in [3.05, 3.63) is 53.3 Å². The summed E-state index contributed by atoms with van der Waals surface area (Å²) in [5, 5.41) is 7.92. The van der Waals surface area contributed by atoms with E-state index in [-0.39, 0.29) is 11.5 Å². The summed E-state index contributed by atoms with van der Waals surface area (Å²) in [4.78, 5) is 6.85. The molecule has 6 heteroatoms. The van der Waals surface area contributed by atoms with Gasteiger partial charge >= 0.3 is 0 Å². The molecule has 2 aliphatic rings. The molecule has 1 saturated heterocycles. The Bertz CT molecular complexity index is 823. The topological polar surface area (TPSA) is 54.7 Å². The van der Waals surface area contributed by atoms with Crippen LogP contribution >= 0.6 is 0 Å². The number of benzene rings is 1. The van der Waals surface area contributed by atoms with E-state index >= 15 is 0 Å². The number of ether oxygens (including phenoxy) is 1. The van der Waals surface area contributed by atoms with E-state index in [1.54, 1.807) is 0 Å². The van der Waals surface area contributed by atoms with Gasteiger partial charge in [-0.25, -0.2) is 0 Å². The molecule has 4 rings (SSSR count). The number of guanidine groups is 1. The summed E-state index contributed by atoms with van der Waals surface area (Å²) in [6, 6.07) is 8.76. The van der Waals surface area contributed by atoms with Crippen molar-refractivity contribution in [2.45, 2.75) is 31.3 Å². The van der Waals surface area contributed by atoms with E-state index in [2.05, 4.69) is 51.5 Å². The molecule has 1 atom stereocenters. The molecular formula is C21H29N5O. The molecule has 2 heterocycles. The van der Waals surface area contributed by atoms with E-state index in [1.807, 2.05) is 31.2 Å². The van der Waals surface area contributed by atoms with Gasteiger partial charge in [-0.1, -0.05) is 24.3 Å². The third kappa shape index (κ3) is 3.72. The van der Waals surface area contributed by atoms with E-state index in [9.17, 15) is 0 Å². The molecule has 1 aromatic heterocycles. The van der Waals surface area contributed by atoms with Gasteiger partial charge in [0.2, 0.25) is 0 Å². The molecule has 1 aromatic carbocycles. The summed E-state index contributed by atoms with van der Waals surface area (Å²) < 4.78 is 7.79. The molecule has 1 saturated carbocycles. The van der Waals surface area contributed by atoms with Crippen LogP contribution in [-0.2, 0) is 17.2 Å². The quantitative estimate of drug-likeness (QED) is 0.666. The van der Waals surface area contributed by atoms with E-state index in [4.69, 9.17) is 4.74 Å².